The van der Waals surface area contributed by atoms with Gasteiger partial charge < -0.3 is 15.4 Å². The lowest BCUT2D eigenvalue weighted by Crippen LogP contribution is -2.13. The maximum atomic E-state index is 12.1. The van der Waals surface area contributed by atoms with Gasteiger partial charge in [0.25, 0.3) is 0 Å². The van der Waals surface area contributed by atoms with Crippen molar-refractivity contribution in [2.75, 3.05) is 17.7 Å². The Bertz CT molecular complexity index is 860. The molecule has 2 rings (SSSR count). The van der Waals surface area contributed by atoms with Crippen LogP contribution in [0, 0.1) is 0 Å². The van der Waals surface area contributed by atoms with Gasteiger partial charge in [-0.1, -0.05) is 23.7 Å². The monoisotopic (exact) mass is 372 g/mol. The highest BCUT2D eigenvalue weighted by molar-refractivity contribution is 6.31. The molecule has 0 unspecified atom stereocenters. The van der Waals surface area contributed by atoms with Gasteiger partial charge in [-0.15, -0.1) is 0 Å². The molecule has 0 aliphatic heterocycles. The van der Waals surface area contributed by atoms with Gasteiger partial charge in [0.15, 0.2) is 0 Å². The Balaban J connectivity index is 2.08. The summed E-state index contributed by atoms with van der Waals surface area (Å²) in [7, 11) is 1.31. The van der Waals surface area contributed by atoms with Gasteiger partial charge in [0.2, 0.25) is 11.8 Å². The van der Waals surface area contributed by atoms with Gasteiger partial charge in [-0.2, -0.15) is 0 Å². The number of benzene rings is 2. The molecule has 0 spiro atoms. The Labute approximate surface area is 155 Å². The normalized spacial score (nSPS) is 10.4. The summed E-state index contributed by atoms with van der Waals surface area (Å²) in [6.45, 7) is 1.37. The van der Waals surface area contributed by atoms with Crippen LogP contribution >= 0.6 is 11.6 Å². The quantitative estimate of drug-likeness (QED) is 0.618. The smallest absolute Gasteiger partial charge is 0.337 e. The van der Waals surface area contributed by atoms with E-state index in [4.69, 9.17) is 11.6 Å². The van der Waals surface area contributed by atoms with Crippen molar-refractivity contribution in [1.82, 2.24) is 0 Å². The van der Waals surface area contributed by atoms with E-state index < -0.39 is 11.9 Å². The Morgan fingerprint density at radius 1 is 1.00 bits per heavy atom. The van der Waals surface area contributed by atoms with Crippen LogP contribution in [0.1, 0.15) is 22.8 Å². The summed E-state index contributed by atoms with van der Waals surface area (Å²) in [6, 6.07) is 11.4. The Hall–Kier alpha value is -3.12. The third-order valence-electron chi connectivity index (χ3n) is 3.31. The predicted molar refractivity (Wildman–Crippen MR) is 101 cm³/mol. The van der Waals surface area contributed by atoms with Crippen molar-refractivity contribution in [1.29, 1.82) is 0 Å². The van der Waals surface area contributed by atoms with Crippen molar-refractivity contribution in [3.8, 4) is 0 Å². The van der Waals surface area contributed by atoms with Gasteiger partial charge in [0, 0.05) is 18.0 Å². The molecule has 2 N–H and O–H groups in total. The number of carbonyl (C=O) groups excluding carboxylic acids is 3. The molecule has 26 heavy (non-hydrogen) atoms. The molecular weight excluding hydrogens is 356 g/mol. The van der Waals surface area contributed by atoms with Crippen LogP contribution in [0.2, 0.25) is 5.02 Å². The zero-order valence-electron chi connectivity index (χ0n) is 14.2. The fraction of sp³-hybridized carbons (Fsp3) is 0.105. The Kier molecular flexibility index (Phi) is 6.52. The van der Waals surface area contributed by atoms with E-state index in [0.29, 0.717) is 22.0 Å². The molecule has 0 heterocycles. The second kappa shape index (κ2) is 8.82. The van der Waals surface area contributed by atoms with E-state index in [9.17, 15) is 14.4 Å². The van der Waals surface area contributed by atoms with Gasteiger partial charge >= 0.3 is 5.97 Å². The number of hydrogen-bond acceptors (Lipinski definition) is 4. The van der Waals surface area contributed by atoms with Crippen LogP contribution in [-0.2, 0) is 14.3 Å². The van der Waals surface area contributed by atoms with Crippen LogP contribution < -0.4 is 10.6 Å². The van der Waals surface area contributed by atoms with Crippen LogP contribution in [0.3, 0.4) is 0 Å². The van der Waals surface area contributed by atoms with E-state index >= 15 is 0 Å². The molecule has 134 valence electrons. The number of carbonyl (C=O) groups is 3. The number of amides is 2. The molecule has 0 aliphatic rings. The lowest BCUT2D eigenvalue weighted by Gasteiger charge is -2.10. The van der Waals surface area contributed by atoms with E-state index in [2.05, 4.69) is 15.4 Å². The molecule has 0 saturated carbocycles. The fourth-order valence-corrected chi connectivity index (χ4v) is 2.29. The minimum atomic E-state index is -0.426. The van der Waals surface area contributed by atoms with Gasteiger partial charge in [-0.3, -0.25) is 9.59 Å². The molecule has 0 saturated heterocycles. The molecule has 0 atom stereocenters. The molecule has 2 aromatic rings. The maximum absolute atomic E-state index is 12.1. The number of nitrogens with one attached hydrogen (secondary N) is 2. The Morgan fingerprint density at radius 2 is 1.69 bits per heavy atom. The highest BCUT2D eigenvalue weighted by Crippen LogP contribution is 2.25. The topological polar surface area (TPSA) is 84.5 Å². The highest BCUT2D eigenvalue weighted by atomic mass is 35.5. The standard InChI is InChI=1S/C19H17ClN2O4/c1-12(23)21-16-9-8-15(20)11-17(16)22-18(24)10-5-13-3-6-14(7-4-13)19(25)26-2/h3-11H,1-2H3,(H,21,23)(H,22,24)/b10-5+. The SMILES string of the molecule is COC(=O)c1ccc(/C=C/C(=O)Nc2cc(Cl)ccc2NC(C)=O)cc1. The van der Waals surface area contributed by atoms with E-state index in [1.807, 2.05) is 0 Å². The van der Waals surface area contributed by atoms with Crippen molar-refractivity contribution < 1.29 is 19.1 Å². The first kappa shape index (κ1) is 19.2. The van der Waals surface area contributed by atoms with Crippen molar-refractivity contribution in [2.24, 2.45) is 0 Å². The first-order chi connectivity index (χ1) is 12.4. The van der Waals surface area contributed by atoms with Gasteiger partial charge in [0.1, 0.15) is 0 Å². The molecule has 6 nitrogen and oxygen atoms in total. The summed E-state index contributed by atoms with van der Waals surface area (Å²) in [5.74, 6) is -1.08. The number of methoxy groups -OCH3 is 1. The first-order valence-electron chi connectivity index (χ1n) is 7.63. The average molecular weight is 373 g/mol. The molecule has 2 aromatic carbocycles. The van der Waals surface area contributed by atoms with E-state index in [0.717, 1.165) is 5.56 Å². The second-order valence-corrected chi connectivity index (χ2v) is 5.74. The van der Waals surface area contributed by atoms with Crippen molar-refractivity contribution in [3.63, 3.8) is 0 Å². The molecule has 0 aliphatic carbocycles. The van der Waals surface area contributed by atoms with Crippen molar-refractivity contribution in [2.45, 2.75) is 6.92 Å². The molecule has 2 amide bonds. The van der Waals surface area contributed by atoms with Gasteiger partial charge in [-0.25, -0.2) is 4.79 Å². The summed E-state index contributed by atoms with van der Waals surface area (Å²) < 4.78 is 4.63. The zero-order chi connectivity index (χ0) is 19.1. The van der Waals surface area contributed by atoms with Crippen LogP contribution in [0.5, 0.6) is 0 Å². The number of hydrogen-bond donors (Lipinski definition) is 2. The summed E-state index contributed by atoms with van der Waals surface area (Å²) >= 11 is 5.94. The number of halogens is 1. The Morgan fingerprint density at radius 3 is 2.31 bits per heavy atom. The van der Waals surface area contributed by atoms with E-state index in [1.165, 1.54) is 20.1 Å². The van der Waals surface area contributed by atoms with Gasteiger partial charge in [0.05, 0.1) is 24.0 Å². The third kappa shape index (κ3) is 5.46. The lowest BCUT2D eigenvalue weighted by molar-refractivity contribution is -0.114. The number of ether oxygens (including phenoxy) is 1. The molecule has 7 heteroatoms. The molecule has 0 radical (unpaired) electrons. The van der Waals surface area contributed by atoms with Crippen LogP contribution in [0.4, 0.5) is 11.4 Å². The fourth-order valence-electron chi connectivity index (χ4n) is 2.11. The van der Waals surface area contributed by atoms with Crippen LogP contribution in [0.15, 0.2) is 48.5 Å². The average Bonchev–Trinajstić information content (AvgIpc) is 2.61. The molecule has 0 aromatic heterocycles. The molecule has 0 fully saturated rings. The number of esters is 1. The van der Waals surface area contributed by atoms with Crippen molar-refractivity contribution in [3.05, 3.63) is 64.7 Å². The van der Waals surface area contributed by atoms with Crippen molar-refractivity contribution >= 4 is 46.8 Å². The lowest BCUT2D eigenvalue weighted by atomic mass is 10.1. The number of anilines is 2. The van der Waals surface area contributed by atoms with E-state index in [1.54, 1.807) is 48.5 Å². The summed E-state index contributed by atoms with van der Waals surface area (Å²) in [5, 5.41) is 5.72. The van der Waals surface area contributed by atoms with Crippen LogP contribution in [0.25, 0.3) is 6.08 Å². The zero-order valence-corrected chi connectivity index (χ0v) is 15.0. The predicted octanol–water partition coefficient (Wildman–Crippen LogP) is 3.74. The van der Waals surface area contributed by atoms with Crippen LogP contribution in [-0.4, -0.2) is 24.9 Å². The molecular formula is C19H17ClN2O4. The second-order valence-electron chi connectivity index (χ2n) is 5.31. The third-order valence-corrected chi connectivity index (χ3v) is 3.54. The minimum absolute atomic E-state index is 0.260. The number of rotatable bonds is 5. The largest absolute Gasteiger partial charge is 0.465 e. The minimum Gasteiger partial charge on any atom is -0.465 e. The highest BCUT2D eigenvalue weighted by Gasteiger charge is 2.08. The van der Waals surface area contributed by atoms with Gasteiger partial charge in [-0.05, 0) is 42.0 Å². The maximum Gasteiger partial charge on any atom is 0.337 e. The molecule has 0 bridgehead atoms. The van der Waals surface area contributed by atoms with E-state index in [-0.39, 0.29) is 5.91 Å². The summed E-state index contributed by atoms with van der Waals surface area (Å²) in [6.07, 6.45) is 2.94. The first-order valence-corrected chi connectivity index (χ1v) is 8.01. The summed E-state index contributed by atoms with van der Waals surface area (Å²) in [4.78, 5) is 34.8. The summed E-state index contributed by atoms with van der Waals surface area (Å²) in [5.41, 5.74) is 2.00.